The number of hydrogen-bond donors (Lipinski definition) is 0. The van der Waals surface area contributed by atoms with Crippen LogP contribution in [-0.4, -0.2) is 40.9 Å². The van der Waals surface area contributed by atoms with Crippen molar-refractivity contribution in [2.24, 2.45) is 0 Å². The molecular weight excluding hydrogens is 256 g/mol. The van der Waals surface area contributed by atoms with E-state index in [0.29, 0.717) is 12.5 Å². The Bertz CT molecular complexity index is 512. The Morgan fingerprint density at radius 3 is 1.06 bits per heavy atom. The number of hydrogen-bond acceptors (Lipinski definition) is 6. The lowest BCUT2D eigenvalue weighted by Gasteiger charge is -2.07. The van der Waals surface area contributed by atoms with Crippen molar-refractivity contribution in [1.82, 2.24) is 0 Å². The molecule has 0 aromatic heterocycles. The maximum atomic E-state index is 11.3. The van der Waals surface area contributed by atoms with E-state index in [2.05, 4.69) is 0 Å². The molecule has 0 aliphatic carbocycles. The van der Waals surface area contributed by atoms with E-state index in [0.717, 1.165) is 13.8 Å². The molecule has 0 spiro atoms. The van der Waals surface area contributed by atoms with Crippen LogP contribution in [0, 0.1) is 0 Å². The number of Topliss-reactive ketones (excluding diaryl/α,β-unsaturated/α-hetero) is 2. The normalized spacial score (nSPS) is 12.0. The first kappa shape index (κ1) is 15.0. The van der Waals surface area contributed by atoms with E-state index < -0.39 is 41.1 Å². The Morgan fingerprint density at radius 2 is 1.00 bits per heavy atom. The summed E-state index contributed by atoms with van der Waals surface area (Å²) in [7, 11) is -8.32. The summed E-state index contributed by atoms with van der Waals surface area (Å²) < 4.78 is 44.0. The average Bonchev–Trinajstić information content (AvgIpc) is 1.93. The van der Waals surface area contributed by atoms with Crippen LogP contribution in [-0.2, 0) is 29.3 Å². The van der Waals surface area contributed by atoms with Gasteiger partial charge in [-0.05, 0) is 13.8 Å². The van der Waals surface area contributed by atoms with Gasteiger partial charge in [0.15, 0.2) is 35.5 Å². The molecule has 16 heavy (non-hydrogen) atoms. The zero-order chi connectivity index (χ0) is 13.3. The van der Waals surface area contributed by atoms with E-state index in [4.69, 9.17) is 0 Å². The van der Waals surface area contributed by atoms with Gasteiger partial charge in [0, 0.05) is 12.5 Å². The summed E-state index contributed by atoms with van der Waals surface area (Å²) in [4.78, 5) is 22.2. The zero-order valence-electron chi connectivity index (χ0n) is 9.27. The van der Waals surface area contributed by atoms with E-state index in [1.807, 2.05) is 0 Å². The van der Waals surface area contributed by atoms with Crippen molar-refractivity contribution < 1.29 is 26.4 Å². The molecule has 0 unspecified atom stereocenters. The summed E-state index contributed by atoms with van der Waals surface area (Å²) >= 11 is 0. The van der Waals surface area contributed by atoms with Crippen LogP contribution in [0.1, 0.15) is 13.8 Å². The summed E-state index contributed by atoms with van der Waals surface area (Å²) in [5.41, 5.74) is -0.801. The van der Waals surface area contributed by atoms with Crippen molar-refractivity contribution in [3.05, 3.63) is 9.81 Å². The molecule has 0 fully saturated rings. The molecule has 0 aromatic rings. The second-order valence-electron chi connectivity index (χ2n) is 3.32. The van der Waals surface area contributed by atoms with Crippen molar-refractivity contribution in [2.45, 2.75) is 13.8 Å². The van der Waals surface area contributed by atoms with Crippen LogP contribution in [0.3, 0.4) is 0 Å². The van der Waals surface area contributed by atoms with Crippen LogP contribution in [0.4, 0.5) is 0 Å². The van der Waals surface area contributed by atoms with Crippen molar-refractivity contribution >= 4 is 31.2 Å². The predicted molar refractivity (Wildman–Crippen MR) is 58.1 cm³/mol. The molecule has 0 atom stereocenters. The standard InChI is InChI=1S/C8H12O6S2/c1-5(9)7(6(2)10)8(15(3,11)12)16(4,13)14/h1-4H3. The van der Waals surface area contributed by atoms with Gasteiger partial charge in [-0.1, -0.05) is 0 Å². The maximum Gasteiger partial charge on any atom is 0.187 e. The van der Waals surface area contributed by atoms with Gasteiger partial charge < -0.3 is 0 Å². The maximum absolute atomic E-state index is 11.3. The van der Waals surface area contributed by atoms with Crippen molar-refractivity contribution in [3.8, 4) is 0 Å². The Hall–Kier alpha value is -1.02. The number of ketones is 2. The van der Waals surface area contributed by atoms with Gasteiger partial charge in [0.2, 0.25) is 0 Å². The predicted octanol–water partition coefficient (Wildman–Crippen LogP) is -0.535. The minimum absolute atomic E-state index is 0.634. The smallest absolute Gasteiger partial charge is 0.187 e. The van der Waals surface area contributed by atoms with Gasteiger partial charge in [0.25, 0.3) is 0 Å². The van der Waals surface area contributed by atoms with Gasteiger partial charge in [-0.15, -0.1) is 0 Å². The first-order valence-corrected chi connectivity index (χ1v) is 7.83. The van der Waals surface area contributed by atoms with E-state index in [9.17, 15) is 26.4 Å². The fourth-order valence-corrected chi connectivity index (χ4v) is 4.70. The highest BCUT2D eigenvalue weighted by Crippen LogP contribution is 2.19. The molecule has 0 amide bonds. The highest BCUT2D eigenvalue weighted by molar-refractivity contribution is 8.13. The Labute approximate surface area is 94.2 Å². The van der Waals surface area contributed by atoms with Gasteiger partial charge in [-0.3, -0.25) is 9.59 Å². The lowest BCUT2D eigenvalue weighted by molar-refractivity contribution is -0.119. The summed E-state index contributed by atoms with van der Waals surface area (Å²) in [5, 5.41) is 0. The summed E-state index contributed by atoms with van der Waals surface area (Å²) in [6, 6.07) is 0. The third kappa shape index (κ3) is 3.53. The first-order valence-electron chi connectivity index (χ1n) is 4.05. The second-order valence-corrected chi connectivity index (χ2v) is 7.48. The summed E-state index contributed by atoms with van der Waals surface area (Å²) in [5.74, 6) is -1.78. The summed E-state index contributed by atoms with van der Waals surface area (Å²) in [6.07, 6.45) is 1.27. The molecule has 0 aliphatic heterocycles. The minimum Gasteiger partial charge on any atom is -0.294 e. The summed E-state index contributed by atoms with van der Waals surface area (Å²) in [6.45, 7) is 1.88. The number of sulfone groups is 2. The third-order valence-electron chi connectivity index (χ3n) is 1.58. The molecule has 0 saturated heterocycles. The van der Waals surface area contributed by atoms with E-state index in [1.54, 1.807) is 0 Å². The quantitative estimate of drug-likeness (QED) is 0.385. The zero-order valence-corrected chi connectivity index (χ0v) is 10.9. The highest BCUT2D eigenvalue weighted by Gasteiger charge is 2.31. The first-order chi connectivity index (χ1) is 6.89. The Balaban J connectivity index is 6.59. The fraction of sp³-hybridized carbons (Fsp3) is 0.500. The van der Waals surface area contributed by atoms with Gasteiger partial charge in [0.05, 0.1) is 5.57 Å². The lowest BCUT2D eigenvalue weighted by atomic mass is 10.1. The van der Waals surface area contributed by atoms with E-state index >= 15 is 0 Å². The molecule has 0 saturated carbocycles. The Morgan fingerprint density at radius 1 is 0.750 bits per heavy atom. The SMILES string of the molecule is CC(=O)C(C(C)=O)=C(S(C)(=O)=O)S(C)(=O)=O. The largest absolute Gasteiger partial charge is 0.294 e. The molecule has 0 N–H and O–H groups in total. The number of allylic oxidation sites excluding steroid dienone is 1. The van der Waals surface area contributed by atoms with Crippen LogP contribution >= 0.6 is 0 Å². The van der Waals surface area contributed by atoms with Crippen LogP contribution in [0.2, 0.25) is 0 Å². The number of rotatable bonds is 4. The van der Waals surface area contributed by atoms with Crippen LogP contribution in [0.5, 0.6) is 0 Å². The molecule has 0 heterocycles. The minimum atomic E-state index is -4.16. The Kier molecular flexibility index (Phi) is 4.18. The van der Waals surface area contributed by atoms with Gasteiger partial charge >= 0.3 is 0 Å². The van der Waals surface area contributed by atoms with Crippen LogP contribution in [0.25, 0.3) is 0 Å². The molecule has 8 heteroatoms. The number of carbonyl (C=O) groups excluding carboxylic acids is 2. The topological polar surface area (TPSA) is 102 Å². The molecular formula is C8H12O6S2. The van der Waals surface area contributed by atoms with Crippen LogP contribution < -0.4 is 0 Å². The highest BCUT2D eigenvalue weighted by atomic mass is 32.3. The second kappa shape index (κ2) is 4.46. The molecule has 0 radical (unpaired) electrons. The van der Waals surface area contributed by atoms with Crippen LogP contribution in [0.15, 0.2) is 9.81 Å². The van der Waals surface area contributed by atoms with Crippen molar-refractivity contribution in [2.75, 3.05) is 12.5 Å². The molecule has 92 valence electrons. The van der Waals surface area contributed by atoms with Gasteiger partial charge in [-0.2, -0.15) is 0 Å². The van der Waals surface area contributed by atoms with Gasteiger partial charge in [0.1, 0.15) is 0 Å². The third-order valence-corrected chi connectivity index (χ3v) is 5.15. The molecule has 0 aromatic carbocycles. The lowest BCUT2D eigenvalue weighted by Crippen LogP contribution is -2.20. The van der Waals surface area contributed by atoms with Crippen molar-refractivity contribution in [1.29, 1.82) is 0 Å². The number of carbonyl (C=O) groups is 2. The average molecular weight is 268 g/mol. The molecule has 0 aliphatic rings. The molecule has 0 rings (SSSR count). The monoisotopic (exact) mass is 268 g/mol. The fourth-order valence-electron chi connectivity index (χ4n) is 1.18. The van der Waals surface area contributed by atoms with E-state index in [-0.39, 0.29) is 0 Å². The van der Waals surface area contributed by atoms with Crippen molar-refractivity contribution in [3.63, 3.8) is 0 Å². The molecule has 6 nitrogen and oxygen atoms in total. The van der Waals surface area contributed by atoms with Gasteiger partial charge in [-0.25, -0.2) is 16.8 Å². The van der Waals surface area contributed by atoms with E-state index in [1.165, 1.54) is 0 Å². The molecule has 0 bridgehead atoms.